The molecule has 0 atom stereocenters. The molecule has 0 unspecified atom stereocenters. The van der Waals surface area contributed by atoms with E-state index in [0.29, 0.717) is 21.4 Å². The molecule has 0 saturated heterocycles. The maximum absolute atomic E-state index is 13.5. The summed E-state index contributed by atoms with van der Waals surface area (Å²) in [6.45, 7) is 0. The molecule has 9 heteroatoms. The molecule has 6 aromatic rings. The molecule has 3 aromatic heterocycles. The maximum Gasteiger partial charge on any atom is 0.243 e. The number of benzene rings is 3. The van der Waals surface area contributed by atoms with Gasteiger partial charge in [-0.05, 0) is 48.5 Å². The fraction of sp³-hybridized carbons (Fsp3) is 0. The van der Waals surface area contributed by atoms with Crippen molar-refractivity contribution in [1.29, 1.82) is 5.26 Å². The number of halogens is 1. The number of carbonyl (C=O) groups excluding carboxylic acids is 1. The lowest BCUT2D eigenvalue weighted by Gasteiger charge is -2.05. The SMILES string of the molecule is N#Cc1c(C(=O)c2nc3ccccc3s2)nn(-c2ccc(Cl)cc2)c1-c1nc2ccccc2s1. The van der Waals surface area contributed by atoms with Gasteiger partial charge in [0.25, 0.3) is 0 Å². The number of nitrogens with zero attached hydrogens (tertiary/aromatic N) is 5. The average molecular weight is 498 g/mol. The Morgan fingerprint density at radius 2 is 1.53 bits per heavy atom. The monoisotopic (exact) mass is 497 g/mol. The molecule has 6 rings (SSSR count). The smallest absolute Gasteiger partial charge is 0.243 e. The Kier molecular flexibility index (Phi) is 4.96. The maximum atomic E-state index is 13.5. The topological polar surface area (TPSA) is 84.5 Å². The molecule has 0 aliphatic rings. The van der Waals surface area contributed by atoms with Gasteiger partial charge in [-0.2, -0.15) is 10.4 Å². The predicted molar refractivity (Wildman–Crippen MR) is 135 cm³/mol. The summed E-state index contributed by atoms with van der Waals surface area (Å²) in [6.07, 6.45) is 0. The molecule has 3 heterocycles. The van der Waals surface area contributed by atoms with Crippen LogP contribution in [0.4, 0.5) is 0 Å². The van der Waals surface area contributed by atoms with E-state index in [1.165, 1.54) is 22.7 Å². The molecule has 34 heavy (non-hydrogen) atoms. The molecule has 0 aliphatic carbocycles. The number of para-hydroxylation sites is 2. The van der Waals surface area contributed by atoms with E-state index < -0.39 is 5.78 Å². The van der Waals surface area contributed by atoms with E-state index in [0.717, 1.165) is 20.4 Å². The van der Waals surface area contributed by atoms with Crippen molar-refractivity contribution in [1.82, 2.24) is 19.7 Å². The normalized spacial score (nSPS) is 11.2. The Morgan fingerprint density at radius 1 is 0.882 bits per heavy atom. The van der Waals surface area contributed by atoms with Gasteiger partial charge in [-0.15, -0.1) is 22.7 Å². The minimum atomic E-state index is -0.396. The summed E-state index contributed by atoms with van der Waals surface area (Å²) < 4.78 is 3.46. The lowest BCUT2D eigenvalue weighted by molar-refractivity contribution is 0.103. The van der Waals surface area contributed by atoms with Gasteiger partial charge in [0.2, 0.25) is 5.78 Å². The summed E-state index contributed by atoms with van der Waals surface area (Å²) in [5, 5.41) is 16.2. The molecule has 0 radical (unpaired) electrons. The Balaban J connectivity index is 1.59. The van der Waals surface area contributed by atoms with Gasteiger partial charge in [0, 0.05) is 5.02 Å². The number of aromatic nitrogens is 4. The predicted octanol–water partition coefficient (Wildman–Crippen LogP) is 6.51. The minimum absolute atomic E-state index is 0.0470. The fourth-order valence-corrected chi connectivity index (χ4v) is 5.73. The van der Waals surface area contributed by atoms with Crippen LogP contribution >= 0.6 is 34.3 Å². The van der Waals surface area contributed by atoms with Crippen molar-refractivity contribution in [3.05, 3.63) is 94.1 Å². The highest BCUT2D eigenvalue weighted by Crippen LogP contribution is 2.36. The van der Waals surface area contributed by atoms with E-state index in [-0.39, 0.29) is 16.3 Å². The number of fused-ring (bicyclic) bond motifs is 2. The molecule has 0 saturated carbocycles. The number of thiazole rings is 2. The first kappa shape index (κ1) is 20.7. The zero-order chi connectivity index (χ0) is 23.2. The number of ketones is 1. The van der Waals surface area contributed by atoms with E-state index in [4.69, 9.17) is 16.6 Å². The number of carbonyl (C=O) groups is 1. The molecule has 0 fully saturated rings. The molecule has 6 nitrogen and oxygen atoms in total. The van der Waals surface area contributed by atoms with Gasteiger partial charge in [-0.3, -0.25) is 4.79 Å². The van der Waals surface area contributed by atoms with E-state index in [1.54, 1.807) is 28.9 Å². The fourth-order valence-electron chi connectivity index (χ4n) is 3.69. The van der Waals surface area contributed by atoms with Crippen LogP contribution in [0, 0.1) is 11.3 Å². The third-order valence-electron chi connectivity index (χ3n) is 5.27. The van der Waals surface area contributed by atoms with Crippen molar-refractivity contribution < 1.29 is 4.79 Å². The van der Waals surface area contributed by atoms with Gasteiger partial charge in [0.05, 0.1) is 26.1 Å². The summed E-state index contributed by atoms with van der Waals surface area (Å²) in [7, 11) is 0. The van der Waals surface area contributed by atoms with E-state index in [1.807, 2.05) is 48.5 Å². The highest BCUT2D eigenvalue weighted by Gasteiger charge is 2.29. The molecule has 0 bridgehead atoms. The number of nitriles is 1. The van der Waals surface area contributed by atoms with Gasteiger partial charge in [0.15, 0.2) is 10.7 Å². The molecule has 3 aromatic carbocycles. The van der Waals surface area contributed by atoms with Crippen molar-refractivity contribution in [2.24, 2.45) is 0 Å². The first-order valence-electron chi connectivity index (χ1n) is 10.2. The number of hydrogen-bond acceptors (Lipinski definition) is 7. The van der Waals surface area contributed by atoms with E-state index in [9.17, 15) is 10.1 Å². The summed E-state index contributed by atoms with van der Waals surface area (Å²) in [4.78, 5) is 22.7. The summed E-state index contributed by atoms with van der Waals surface area (Å²) in [6, 6.07) is 24.5. The Labute approximate surface area is 206 Å². The van der Waals surface area contributed by atoms with Gasteiger partial charge < -0.3 is 0 Å². The Hall–Kier alpha value is -3.90. The zero-order valence-corrected chi connectivity index (χ0v) is 19.7. The first-order valence-corrected chi connectivity index (χ1v) is 12.2. The third kappa shape index (κ3) is 3.38. The molecular weight excluding hydrogens is 486 g/mol. The van der Waals surface area contributed by atoms with Crippen molar-refractivity contribution in [2.75, 3.05) is 0 Å². The Bertz CT molecular complexity index is 1690. The standard InChI is InChI=1S/C25H12ClN5OS2/c26-14-9-11-15(12-10-14)31-22(24-28-17-5-1-3-7-19(17)33-24)16(13-27)21(30-31)23(32)25-29-18-6-2-4-8-20(18)34-25/h1-12H. The van der Waals surface area contributed by atoms with Crippen LogP contribution in [0.2, 0.25) is 5.02 Å². The molecule has 0 N–H and O–H groups in total. The van der Waals surface area contributed by atoms with Crippen LogP contribution in [0.1, 0.15) is 21.1 Å². The van der Waals surface area contributed by atoms with Crippen molar-refractivity contribution >= 4 is 60.5 Å². The Morgan fingerprint density at radius 3 is 2.18 bits per heavy atom. The van der Waals surface area contributed by atoms with Crippen LogP contribution in [0.3, 0.4) is 0 Å². The lowest BCUT2D eigenvalue weighted by atomic mass is 10.1. The van der Waals surface area contributed by atoms with Gasteiger partial charge in [-0.1, -0.05) is 35.9 Å². The lowest BCUT2D eigenvalue weighted by Crippen LogP contribution is -2.05. The van der Waals surface area contributed by atoms with E-state index in [2.05, 4.69) is 16.2 Å². The highest BCUT2D eigenvalue weighted by molar-refractivity contribution is 7.21. The molecule has 0 amide bonds. The largest absolute Gasteiger partial charge is 0.284 e. The van der Waals surface area contributed by atoms with Gasteiger partial charge in [0.1, 0.15) is 22.3 Å². The van der Waals surface area contributed by atoms with Gasteiger partial charge in [-0.25, -0.2) is 14.6 Å². The van der Waals surface area contributed by atoms with Crippen LogP contribution in [0.15, 0.2) is 72.8 Å². The zero-order valence-electron chi connectivity index (χ0n) is 17.3. The van der Waals surface area contributed by atoms with Crippen molar-refractivity contribution in [3.63, 3.8) is 0 Å². The van der Waals surface area contributed by atoms with Crippen LogP contribution < -0.4 is 0 Å². The minimum Gasteiger partial charge on any atom is -0.284 e. The number of hydrogen-bond donors (Lipinski definition) is 0. The average Bonchev–Trinajstić information content (AvgIpc) is 3.58. The first-order chi connectivity index (χ1) is 16.6. The third-order valence-corrected chi connectivity index (χ3v) is 7.60. The van der Waals surface area contributed by atoms with Crippen LogP contribution in [-0.2, 0) is 0 Å². The summed E-state index contributed by atoms with van der Waals surface area (Å²) in [5.74, 6) is -0.396. The second-order valence-electron chi connectivity index (χ2n) is 7.37. The van der Waals surface area contributed by atoms with E-state index >= 15 is 0 Å². The van der Waals surface area contributed by atoms with Crippen molar-refractivity contribution in [3.8, 4) is 22.5 Å². The molecule has 0 spiro atoms. The van der Waals surface area contributed by atoms with Crippen molar-refractivity contribution in [2.45, 2.75) is 0 Å². The van der Waals surface area contributed by atoms with Gasteiger partial charge >= 0.3 is 0 Å². The van der Waals surface area contributed by atoms with Crippen LogP contribution in [0.25, 0.3) is 36.8 Å². The second kappa shape index (κ2) is 8.15. The molecular formula is C25H12ClN5OS2. The summed E-state index contributed by atoms with van der Waals surface area (Å²) in [5.41, 5.74) is 2.89. The van der Waals surface area contributed by atoms with Crippen LogP contribution in [0.5, 0.6) is 0 Å². The highest BCUT2D eigenvalue weighted by atomic mass is 35.5. The molecule has 162 valence electrons. The number of rotatable bonds is 4. The quantitative estimate of drug-likeness (QED) is 0.259. The second-order valence-corrected chi connectivity index (χ2v) is 9.87. The van der Waals surface area contributed by atoms with Crippen LogP contribution in [-0.4, -0.2) is 25.5 Å². The molecule has 0 aliphatic heterocycles. The summed E-state index contributed by atoms with van der Waals surface area (Å²) >= 11 is 8.81.